The third-order valence-electron chi connectivity index (χ3n) is 2.37. The maximum atomic E-state index is 11.4. The van der Waals surface area contributed by atoms with Crippen molar-refractivity contribution in [1.29, 1.82) is 0 Å². The quantitative estimate of drug-likeness (QED) is 0.642. The monoisotopic (exact) mass is 236 g/mol. The topological polar surface area (TPSA) is 77.9 Å². The summed E-state index contributed by atoms with van der Waals surface area (Å²) in [6, 6.07) is 0. The van der Waals surface area contributed by atoms with Gasteiger partial charge >= 0.3 is 0 Å². The minimum Gasteiger partial charge on any atom is -0.391 e. The van der Waals surface area contributed by atoms with E-state index in [1.807, 2.05) is 0 Å². The molecule has 0 spiro atoms. The Bertz CT molecular complexity index is 339. The summed E-state index contributed by atoms with van der Waals surface area (Å²) in [6.45, 7) is 0.387. The number of rotatable bonds is 4. The van der Waals surface area contributed by atoms with Crippen LogP contribution in [-0.2, 0) is 14.8 Å². The molecule has 1 heterocycles. The van der Waals surface area contributed by atoms with Crippen LogP contribution < -0.4 is 0 Å². The number of amides is 1. The number of hydrogen-bond acceptors (Lipinski definition) is 4. The first-order valence-corrected chi connectivity index (χ1v) is 6.30. The van der Waals surface area contributed by atoms with E-state index in [0.717, 1.165) is 4.31 Å². The van der Waals surface area contributed by atoms with E-state index in [-0.39, 0.29) is 31.2 Å². The second-order valence-corrected chi connectivity index (χ2v) is 6.10. The summed E-state index contributed by atoms with van der Waals surface area (Å²) in [4.78, 5) is 12.6. The highest BCUT2D eigenvalue weighted by Gasteiger charge is 2.28. The fourth-order valence-corrected chi connectivity index (χ4v) is 2.19. The van der Waals surface area contributed by atoms with Gasteiger partial charge in [-0.2, -0.15) is 0 Å². The van der Waals surface area contributed by atoms with Crippen LogP contribution in [0.25, 0.3) is 0 Å². The smallest absolute Gasteiger partial charge is 0.225 e. The zero-order chi connectivity index (χ0) is 11.6. The Hall–Kier alpha value is -0.660. The molecular formula is C8H16N2O4S. The number of aliphatic hydroxyl groups is 1. The third kappa shape index (κ3) is 3.15. The number of sulfonamides is 1. The Labute approximate surface area is 89.5 Å². The van der Waals surface area contributed by atoms with Crippen LogP contribution >= 0.6 is 0 Å². The average Bonchev–Trinajstić information content (AvgIpc) is 2.41. The standard InChI is InChI=1S/C8H16N2O4S/c1-9(2)15(13,14)4-3-10-6-7(11)5-8(10)12/h7,11H,3-6H2,1-2H3. The zero-order valence-electron chi connectivity index (χ0n) is 8.88. The van der Waals surface area contributed by atoms with E-state index in [1.54, 1.807) is 0 Å². The van der Waals surface area contributed by atoms with Gasteiger partial charge in [-0.15, -0.1) is 0 Å². The number of β-amino-alcohol motifs (C(OH)–C–C–N with tert-alkyl or cyclic N) is 1. The largest absolute Gasteiger partial charge is 0.391 e. The van der Waals surface area contributed by atoms with Gasteiger partial charge in [0.1, 0.15) is 0 Å². The lowest BCUT2D eigenvalue weighted by atomic mass is 10.3. The van der Waals surface area contributed by atoms with Gasteiger partial charge in [-0.3, -0.25) is 4.79 Å². The molecule has 1 rings (SSSR count). The van der Waals surface area contributed by atoms with E-state index in [0.29, 0.717) is 0 Å². The van der Waals surface area contributed by atoms with Crippen LogP contribution in [0.2, 0.25) is 0 Å². The first-order valence-electron chi connectivity index (χ1n) is 4.69. The first kappa shape index (κ1) is 12.4. The summed E-state index contributed by atoms with van der Waals surface area (Å²) in [5.41, 5.74) is 0. The van der Waals surface area contributed by atoms with Gasteiger partial charge in [0.2, 0.25) is 15.9 Å². The minimum atomic E-state index is -3.27. The van der Waals surface area contributed by atoms with Crippen molar-refractivity contribution >= 4 is 15.9 Å². The highest BCUT2D eigenvalue weighted by Crippen LogP contribution is 2.10. The van der Waals surface area contributed by atoms with E-state index in [4.69, 9.17) is 0 Å². The number of carbonyl (C=O) groups is 1. The van der Waals surface area contributed by atoms with Crippen molar-refractivity contribution in [2.24, 2.45) is 0 Å². The van der Waals surface area contributed by atoms with E-state index in [9.17, 15) is 18.3 Å². The summed E-state index contributed by atoms with van der Waals surface area (Å²) < 4.78 is 23.9. The van der Waals surface area contributed by atoms with Crippen molar-refractivity contribution in [3.8, 4) is 0 Å². The van der Waals surface area contributed by atoms with Crippen molar-refractivity contribution in [3.05, 3.63) is 0 Å². The fraction of sp³-hybridized carbons (Fsp3) is 0.875. The van der Waals surface area contributed by atoms with Gasteiger partial charge in [-0.05, 0) is 0 Å². The van der Waals surface area contributed by atoms with Crippen LogP contribution in [0.15, 0.2) is 0 Å². The van der Waals surface area contributed by atoms with Crippen molar-refractivity contribution in [1.82, 2.24) is 9.21 Å². The molecule has 1 N–H and O–H groups in total. The summed E-state index contributed by atoms with van der Waals surface area (Å²) in [5.74, 6) is -0.283. The number of aliphatic hydroxyl groups excluding tert-OH is 1. The minimum absolute atomic E-state index is 0.0988. The van der Waals surface area contributed by atoms with Gasteiger partial charge in [0.15, 0.2) is 0 Å². The summed E-state index contributed by atoms with van der Waals surface area (Å²) >= 11 is 0. The Morgan fingerprint density at radius 3 is 2.53 bits per heavy atom. The molecule has 1 atom stereocenters. The predicted octanol–water partition coefficient (Wildman–Crippen LogP) is -1.53. The Kier molecular flexibility index (Phi) is 3.69. The molecule has 0 aromatic rings. The van der Waals surface area contributed by atoms with Gasteiger partial charge in [-0.1, -0.05) is 0 Å². The van der Waals surface area contributed by atoms with Crippen molar-refractivity contribution in [2.45, 2.75) is 12.5 Å². The van der Waals surface area contributed by atoms with Gasteiger partial charge in [0.25, 0.3) is 0 Å². The normalized spacial score (nSPS) is 22.8. The molecule has 0 bridgehead atoms. The molecule has 1 saturated heterocycles. The van der Waals surface area contributed by atoms with Gasteiger partial charge < -0.3 is 10.0 Å². The number of carbonyl (C=O) groups excluding carboxylic acids is 1. The highest BCUT2D eigenvalue weighted by atomic mass is 32.2. The Morgan fingerprint density at radius 2 is 2.13 bits per heavy atom. The van der Waals surface area contributed by atoms with Crippen LogP contribution in [-0.4, -0.2) is 67.7 Å². The van der Waals surface area contributed by atoms with Gasteiger partial charge in [0.05, 0.1) is 18.3 Å². The molecule has 0 aromatic heterocycles. The second kappa shape index (κ2) is 4.46. The van der Waals surface area contributed by atoms with Crippen molar-refractivity contribution in [3.63, 3.8) is 0 Å². The zero-order valence-corrected chi connectivity index (χ0v) is 9.70. The molecule has 1 unspecified atom stereocenters. The molecule has 15 heavy (non-hydrogen) atoms. The summed E-state index contributed by atoms with van der Waals surface area (Å²) in [5, 5.41) is 9.19. The number of nitrogens with zero attached hydrogens (tertiary/aromatic N) is 2. The van der Waals surface area contributed by atoms with Crippen LogP contribution in [0.5, 0.6) is 0 Å². The summed E-state index contributed by atoms with van der Waals surface area (Å²) in [6.07, 6.45) is -0.554. The molecule has 0 aromatic carbocycles. The molecule has 6 nitrogen and oxygen atoms in total. The number of hydrogen-bond donors (Lipinski definition) is 1. The molecule has 7 heteroatoms. The van der Waals surface area contributed by atoms with E-state index < -0.39 is 16.1 Å². The molecule has 0 saturated carbocycles. The number of likely N-dealkylation sites (tertiary alicyclic amines) is 1. The molecule has 88 valence electrons. The van der Waals surface area contributed by atoms with E-state index in [2.05, 4.69) is 0 Å². The predicted molar refractivity (Wildman–Crippen MR) is 54.7 cm³/mol. The first-order chi connectivity index (χ1) is 6.83. The lowest BCUT2D eigenvalue weighted by molar-refractivity contribution is -0.127. The third-order valence-corrected chi connectivity index (χ3v) is 4.18. The van der Waals surface area contributed by atoms with Crippen LogP contribution in [0.1, 0.15) is 6.42 Å². The van der Waals surface area contributed by atoms with Crippen molar-refractivity contribution in [2.75, 3.05) is 32.9 Å². The second-order valence-electron chi connectivity index (χ2n) is 3.80. The molecule has 1 fully saturated rings. The highest BCUT2D eigenvalue weighted by molar-refractivity contribution is 7.89. The molecule has 1 amide bonds. The fourth-order valence-electron chi connectivity index (χ4n) is 1.38. The molecule has 1 aliphatic heterocycles. The molecule has 1 aliphatic rings. The SMILES string of the molecule is CN(C)S(=O)(=O)CCN1CC(O)CC1=O. The van der Waals surface area contributed by atoms with Crippen LogP contribution in [0.3, 0.4) is 0 Å². The molecule has 0 radical (unpaired) electrons. The maximum Gasteiger partial charge on any atom is 0.225 e. The van der Waals surface area contributed by atoms with Crippen LogP contribution in [0.4, 0.5) is 0 Å². The molecule has 0 aliphatic carbocycles. The average molecular weight is 236 g/mol. The molecular weight excluding hydrogens is 220 g/mol. The Morgan fingerprint density at radius 1 is 1.53 bits per heavy atom. The summed E-state index contributed by atoms with van der Waals surface area (Å²) in [7, 11) is -0.360. The van der Waals surface area contributed by atoms with Crippen molar-refractivity contribution < 1.29 is 18.3 Å². The van der Waals surface area contributed by atoms with Crippen LogP contribution in [0, 0.1) is 0 Å². The van der Waals surface area contributed by atoms with E-state index >= 15 is 0 Å². The maximum absolute atomic E-state index is 11.4. The lowest BCUT2D eigenvalue weighted by Crippen LogP contribution is -2.35. The Balaban J connectivity index is 2.48. The van der Waals surface area contributed by atoms with Gasteiger partial charge in [-0.25, -0.2) is 12.7 Å². The van der Waals surface area contributed by atoms with E-state index in [1.165, 1.54) is 19.0 Å². The lowest BCUT2D eigenvalue weighted by Gasteiger charge is -2.17. The van der Waals surface area contributed by atoms with Gasteiger partial charge in [0, 0.05) is 27.2 Å².